The van der Waals surface area contributed by atoms with Crippen LogP contribution in [0.4, 0.5) is 11.4 Å². The van der Waals surface area contributed by atoms with E-state index in [1.54, 1.807) is 19.1 Å². The topological polar surface area (TPSA) is 72.2 Å². The Labute approximate surface area is 215 Å². The van der Waals surface area contributed by atoms with Gasteiger partial charge in [-0.2, -0.15) is 0 Å². The summed E-state index contributed by atoms with van der Waals surface area (Å²) in [5, 5.41) is 15.0. The number of hydrogen-bond donors (Lipinski definition) is 1. The number of nitrogens with one attached hydrogen (secondary N) is 1. The molecule has 3 aromatic rings. The molecule has 0 unspecified atom stereocenters. The zero-order chi connectivity index (χ0) is 24.0. The number of nitrogens with zero attached hydrogens (tertiary/aromatic N) is 1. The molecule has 3 aromatic carbocycles. The summed E-state index contributed by atoms with van der Waals surface area (Å²) in [4.78, 5) is 24.0. The van der Waals surface area contributed by atoms with Gasteiger partial charge in [-0.25, -0.2) is 0 Å². The van der Waals surface area contributed by atoms with E-state index in [4.69, 9.17) is 11.6 Å². The average molecular weight is 558 g/mol. The van der Waals surface area contributed by atoms with Crippen molar-refractivity contribution in [3.63, 3.8) is 0 Å². The highest BCUT2D eigenvalue weighted by atomic mass is 79.9. The van der Waals surface area contributed by atoms with E-state index in [1.807, 2.05) is 36.4 Å². The van der Waals surface area contributed by atoms with Crippen molar-refractivity contribution in [1.29, 1.82) is 0 Å². The number of benzene rings is 3. The first-order chi connectivity index (χ1) is 16.3. The highest BCUT2D eigenvalue weighted by Gasteiger charge is 2.50. The molecular formula is C26H22BrClN2O3S. The number of hydrogen-bond acceptors (Lipinski definition) is 5. The van der Waals surface area contributed by atoms with Crippen LogP contribution in [0.25, 0.3) is 0 Å². The Morgan fingerprint density at radius 1 is 1.15 bits per heavy atom. The fourth-order valence-corrected chi connectivity index (χ4v) is 7.41. The van der Waals surface area contributed by atoms with Crippen molar-refractivity contribution >= 4 is 56.5 Å². The first-order valence-electron chi connectivity index (χ1n) is 11.0. The summed E-state index contributed by atoms with van der Waals surface area (Å²) >= 11 is 12.2. The van der Waals surface area contributed by atoms with Crippen LogP contribution in [0.3, 0.4) is 0 Å². The van der Waals surface area contributed by atoms with Crippen molar-refractivity contribution in [2.75, 3.05) is 5.32 Å². The van der Waals surface area contributed by atoms with E-state index in [-0.39, 0.29) is 44.9 Å². The third kappa shape index (κ3) is 4.25. The Morgan fingerprint density at radius 2 is 1.88 bits per heavy atom. The SMILES string of the molecule is CC(=O)c1ccc2c(c1)[C@@H]1[C@H](Cl)[C@H](Sc3ccccc3[N+](=O)[O-])C[C@H]1[C@H](c1ccc(Br)cc1)N2. The van der Waals surface area contributed by atoms with Gasteiger partial charge in [-0.3, -0.25) is 14.9 Å². The zero-order valence-corrected chi connectivity index (χ0v) is 21.4. The quantitative estimate of drug-likeness (QED) is 0.151. The Balaban J connectivity index is 1.55. The van der Waals surface area contributed by atoms with Crippen LogP contribution in [0.15, 0.2) is 76.1 Å². The molecule has 5 atom stereocenters. The summed E-state index contributed by atoms with van der Waals surface area (Å²) in [7, 11) is 0. The van der Waals surface area contributed by atoms with E-state index in [2.05, 4.69) is 33.4 Å². The molecule has 0 bridgehead atoms. The predicted octanol–water partition coefficient (Wildman–Crippen LogP) is 7.60. The monoisotopic (exact) mass is 556 g/mol. The highest BCUT2D eigenvalue weighted by Crippen LogP contribution is 2.58. The predicted molar refractivity (Wildman–Crippen MR) is 140 cm³/mol. The molecule has 8 heteroatoms. The minimum atomic E-state index is -0.339. The number of nitro groups is 1. The van der Waals surface area contributed by atoms with E-state index in [9.17, 15) is 14.9 Å². The molecule has 1 N–H and O–H groups in total. The number of ketones is 1. The van der Waals surface area contributed by atoms with Crippen LogP contribution in [0.5, 0.6) is 0 Å². The van der Waals surface area contributed by atoms with Crippen LogP contribution in [0.1, 0.15) is 46.8 Å². The third-order valence-corrected chi connectivity index (χ3v) is 9.43. The first kappa shape index (κ1) is 23.4. The van der Waals surface area contributed by atoms with Crippen molar-refractivity contribution in [3.05, 3.63) is 98.0 Å². The molecule has 1 fully saturated rings. The van der Waals surface area contributed by atoms with Crippen molar-refractivity contribution in [2.45, 2.75) is 40.8 Å². The second-order valence-electron chi connectivity index (χ2n) is 8.78. The molecule has 0 spiro atoms. The van der Waals surface area contributed by atoms with Gasteiger partial charge in [0.25, 0.3) is 5.69 Å². The van der Waals surface area contributed by atoms with Crippen molar-refractivity contribution in [2.24, 2.45) is 5.92 Å². The molecule has 5 rings (SSSR count). The normalized spacial score (nSPS) is 25.2. The van der Waals surface area contributed by atoms with Crippen LogP contribution in [-0.4, -0.2) is 21.3 Å². The zero-order valence-electron chi connectivity index (χ0n) is 18.3. The molecule has 0 radical (unpaired) electrons. The lowest BCUT2D eigenvalue weighted by atomic mass is 9.76. The number of alkyl halides is 1. The van der Waals surface area contributed by atoms with Crippen molar-refractivity contribution < 1.29 is 9.72 Å². The smallest absolute Gasteiger partial charge is 0.282 e. The van der Waals surface area contributed by atoms with Crippen LogP contribution >= 0.6 is 39.3 Å². The fraction of sp³-hybridized carbons (Fsp3) is 0.269. The Morgan fingerprint density at radius 3 is 2.59 bits per heavy atom. The summed E-state index contributed by atoms with van der Waals surface area (Å²) < 4.78 is 1.02. The number of para-hydroxylation sites is 1. The molecular weight excluding hydrogens is 536 g/mol. The van der Waals surface area contributed by atoms with Gasteiger partial charge in [0, 0.05) is 33.0 Å². The second kappa shape index (κ2) is 9.36. The molecule has 5 nitrogen and oxygen atoms in total. The molecule has 0 amide bonds. The van der Waals surface area contributed by atoms with Gasteiger partial charge in [0.1, 0.15) is 0 Å². The minimum Gasteiger partial charge on any atom is -0.378 e. The molecule has 174 valence electrons. The van der Waals surface area contributed by atoms with Gasteiger partial charge in [-0.1, -0.05) is 40.2 Å². The summed E-state index contributed by atoms with van der Waals surface area (Å²) in [5.41, 5.74) is 3.98. The highest BCUT2D eigenvalue weighted by molar-refractivity contribution is 9.10. The second-order valence-corrected chi connectivity index (χ2v) is 11.5. The molecule has 1 saturated carbocycles. The Kier molecular flexibility index (Phi) is 6.44. The molecule has 0 saturated heterocycles. The molecule has 0 aromatic heterocycles. The van der Waals surface area contributed by atoms with E-state index >= 15 is 0 Å². The maximum absolute atomic E-state index is 12.1. The van der Waals surface area contributed by atoms with Crippen molar-refractivity contribution in [3.8, 4) is 0 Å². The number of carbonyl (C=O) groups excluding carboxylic acids is 1. The summed E-state index contributed by atoms with van der Waals surface area (Å²) in [5.74, 6) is 0.217. The van der Waals surface area contributed by atoms with Crippen LogP contribution in [0.2, 0.25) is 0 Å². The fourth-order valence-electron chi connectivity index (χ4n) is 5.21. The Bertz CT molecular complexity index is 1270. The lowest BCUT2D eigenvalue weighted by molar-refractivity contribution is -0.387. The van der Waals surface area contributed by atoms with Gasteiger partial charge in [-0.15, -0.1) is 23.4 Å². The van der Waals surface area contributed by atoms with Crippen LogP contribution in [0, 0.1) is 16.0 Å². The molecule has 1 heterocycles. The van der Waals surface area contributed by atoms with E-state index < -0.39 is 0 Å². The van der Waals surface area contributed by atoms with Crippen LogP contribution < -0.4 is 5.32 Å². The number of carbonyl (C=O) groups is 1. The number of rotatable bonds is 5. The largest absolute Gasteiger partial charge is 0.378 e. The third-order valence-electron chi connectivity index (χ3n) is 6.79. The molecule has 34 heavy (non-hydrogen) atoms. The molecule has 1 aliphatic heterocycles. The Hall–Kier alpha value is -2.35. The average Bonchev–Trinajstić information content (AvgIpc) is 3.15. The number of nitro benzene ring substituents is 1. The number of thioether (sulfide) groups is 1. The van der Waals surface area contributed by atoms with Gasteiger partial charge in [0.2, 0.25) is 0 Å². The van der Waals surface area contributed by atoms with Gasteiger partial charge < -0.3 is 5.32 Å². The maximum atomic E-state index is 12.1. The lowest BCUT2D eigenvalue weighted by Crippen LogP contribution is -2.31. The number of halogens is 2. The van der Waals surface area contributed by atoms with Gasteiger partial charge in [0.15, 0.2) is 5.78 Å². The summed E-state index contributed by atoms with van der Waals surface area (Å²) in [6, 6.07) is 21.0. The summed E-state index contributed by atoms with van der Waals surface area (Å²) in [6.45, 7) is 1.57. The van der Waals surface area contributed by atoms with E-state index in [0.29, 0.717) is 10.5 Å². The van der Waals surface area contributed by atoms with Gasteiger partial charge >= 0.3 is 0 Å². The number of Topliss-reactive ketones (excluding diaryl/α,β-unsaturated/α-hetero) is 1. The molecule has 1 aliphatic carbocycles. The van der Waals surface area contributed by atoms with E-state index in [0.717, 1.165) is 22.1 Å². The maximum Gasteiger partial charge on any atom is 0.282 e. The molecule has 2 aliphatic rings. The minimum absolute atomic E-state index is 0.00977. The lowest BCUT2D eigenvalue weighted by Gasteiger charge is -2.38. The number of anilines is 1. The first-order valence-corrected chi connectivity index (χ1v) is 13.2. The summed E-state index contributed by atoms with van der Waals surface area (Å²) in [6.07, 6.45) is 0.799. The van der Waals surface area contributed by atoms with Gasteiger partial charge in [0.05, 0.1) is 21.2 Å². The van der Waals surface area contributed by atoms with Crippen molar-refractivity contribution in [1.82, 2.24) is 0 Å². The standard InChI is InChI=1S/C26H22BrClN2O3S/c1-14(31)16-8-11-20-18(12-16)24-19(26(29-20)15-6-9-17(27)10-7-15)13-23(25(24)28)34-22-5-3-2-4-21(22)30(32)33/h2-12,19,23-26,29H,13H2,1H3/t19-,23-,24+,25-,26+/m1/s1. The number of fused-ring (bicyclic) bond motifs is 3. The van der Waals surface area contributed by atoms with Crippen LogP contribution in [-0.2, 0) is 0 Å². The van der Waals surface area contributed by atoms with Gasteiger partial charge in [-0.05, 0) is 66.8 Å². The van der Waals surface area contributed by atoms with E-state index in [1.165, 1.54) is 23.4 Å².